The molecule has 2 heterocycles. The minimum atomic E-state index is -0.303. The van der Waals surface area contributed by atoms with Crippen LogP contribution >= 0.6 is 11.8 Å². The molecule has 0 atom stereocenters. The SMILES string of the molecule is CNc1ccc(-n2c(-c3ccc(F)cc3)nc3cccnc32)cc1SC=O. The second-order valence-corrected chi connectivity index (χ2v) is 6.64. The van der Waals surface area contributed by atoms with Crippen LogP contribution in [0.2, 0.25) is 0 Å². The Hall–Kier alpha value is -3.19. The number of nitrogens with one attached hydrogen (secondary N) is 1. The fourth-order valence-corrected chi connectivity index (χ4v) is 3.55. The zero-order chi connectivity index (χ0) is 18.8. The molecule has 0 saturated heterocycles. The van der Waals surface area contributed by atoms with E-state index in [0.29, 0.717) is 11.5 Å². The van der Waals surface area contributed by atoms with Gasteiger partial charge in [-0.05, 0) is 54.6 Å². The molecule has 7 heteroatoms. The lowest BCUT2D eigenvalue weighted by molar-refractivity contribution is 0.570. The van der Waals surface area contributed by atoms with Crippen molar-refractivity contribution >= 4 is 34.2 Å². The summed E-state index contributed by atoms with van der Waals surface area (Å²) in [5.41, 5.74) is 4.67. The zero-order valence-electron chi connectivity index (χ0n) is 14.4. The number of anilines is 1. The molecule has 4 aromatic rings. The van der Waals surface area contributed by atoms with Gasteiger partial charge in [0, 0.05) is 29.4 Å². The number of imidazole rings is 1. The van der Waals surface area contributed by atoms with Crippen LogP contribution in [0.25, 0.3) is 28.2 Å². The van der Waals surface area contributed by atoms with Crippen molar-refractivity contribution in [2.24, 2.45) is 0 Å². The number of nitrogens with zero attached hydrogens (tertiary/aromatic N) is 3. The highest BCUT2D eigenvalue weighted by Crippen LogP contribution is 2.32. The first-order valence-electron chi connectivity index (χ1n) is 8.23. The second kappa shape index (κ2) is 7.20. The highest BCUT2D eigenvalue weighted by atomic mass is 32.2. The smallest absolute Gasteiger partial charge is 0.181 e. The van der Waals surface area contributed by atoms with Crippen LogP contribution in [0.1, 0.15) is 0 Å². The summed E-state index contributed by atoms with van der Waals surface area (Å²) in [6.45, 7) is 0. The Morgan fingerprint density at radius 2 is 1.96 bits per heavy atom. The maximum Gasteiger partial charge on any atom is 0.181 e. The Morgan fingerprint density at radius 1 is 1.15 bits per heavy atom. The maximum absolute atomic E-state index is 13.4. The van der Waals surface area contributed by atoms with Gasteiger partial charge in [-0.15, -0.1) is 0 Å². The molecule has 0 aliphatic heterocycles. The van der Waals surface area contributed by atoms with Gasteiger partial charge in [0.15, 0.2) is 11.3 Å². The molecule has 0 aliphatic carbocycles. The van der Waals surface area contributed by atoms with Gasteiger partial charge in [-0.1, -0.05) is 11.8 Å². The van der Waals surface area contributed by atoms with Crippen molar-refractivity contribution < 1.29 is 9.18 Å². The van der Waals surface area contributed by atoms with Crippen LogP contribution in [0.3, 0.4) is 0 Å². The van der Waals surface area contributed by atoms with Crippen LogP contribution < -0.4 is 5.32 Å². The molecule has 27 heavy (non-hydrogen) atoms. The van der Waals surface area contributed by atoms with Crippen molar-refractivity contribution in [1.29, 1.82) is 0 Å². The summed E-state index contributed by atoms with van der Waals surface area (Å²) in [7, 11) is 1.81. The monoisotopic (exact) mass is 378 g/mol. The largest absolute Gasteiger partial charge is 0.387 e. The Kier molecular flexibility index (Phi) is 4.60. The first-order chi connectivity index (χ1) is 13.2. The predicted octanol–water partition coefficient (Wildman–Crippen LogP) is 4.55. The fraction of sp³-hybridized carbons (Fsp3) is 0.0500. The Labute approximate surface area is 159 Å². The number of rotatable bonds is 5. The summed E-state index contributed by atoms with van der Waals surface area (Å²) in [6, 6.07) is 15.7. The van der Waals surface area contributed by atoms with Crippen LogP contribution in [-0.4, -0.2) is 27.2 Å². The Morgan fingerprint density at radius 3 is 2.70 bits per heavy atom. The third-order valence-corrected chi connectivity index (χ3v) is 4.87. The molecule has 0 aliphatic rings. The molecule has 134 valence electrons. The van der Waals surface area contributed by atoms with E-state index in [2.05, 4.69) is 10.3 Å². The highest BCUT2D eigenvalue weighted by molar-refractivity contribution is 8.12. The van der Waals surface area contributed by atoms with E-state index >= 15 is 0 Å². The molecule has 0 unspecified atom stereocenters. The van der Waals surface area contributed by atoms with Crippen molar-refractivity contribution in [1.82, 2.24) is 14.5 Å². The van der Waals surface area contributed by atoms with E-state index in [-0.39, 0.29) is 5.82 Å². The van der Waals surface area contributed by atoms with Crippen molar-refractivity contribution in [2.75, 3.05) is 12.4 Å². The van der Waals surface area contributed by atoms with Gasteiger partial charge in [0.25, 0.3) is 0 Å². The zero-order valence-corrected chi connectivity index (χ0v) is 15.2. The average molecular weight is 378 g/mol. The molecule has 2 aromatic heterocycles. The number of carbonyl (C=O) groups excluding carboxylic acids is 1. The lowest BCUT2D eigenvalue weighted by Crippen LogP contribution is -2.00. The summed E-state index contributed by atoms with van der Waals surface area (Å²) in [4.78, 5) is 21.0. The van der Waals surface area contributed by atoms with Crippen molar-refractivity contribution in [2.45, 2.75) is 4.90 Å². The average Bonchev–Trinajstić information content (AvgIpc) is 3.08. The Balaban J connectivity index is 1.98. The molecule has 5 nitrogen and oxygen atoms in total. The molecule has 0 spiro atoms. The molecule has 0 bridgehead atoms. The third-order valence-electron chi connectivity index (χ3n) is 4.19. The first-order valence-corrected chi connectivity index (χ1v) is 9.11. The van der Waals surface area contributed by atoms with Crippen LogP contribution in [-0.2, 0) is 4.79 Å². The highest BCUT2D eigenvalue weighted by Gasteiger charge is 2.16. The minimum absolute atomic E-state index is 0.303. The van der Waals surface area contributed by atoms with Gasteiger partial charge in [-0.3, -0.25) is 9.36 Å². The number of pyridine rings is 1. The van der Waals surface area contributed by atoms with Gasteiger partial charge in [-0.25, -0.2) is 14.4 Å². The van der Waals surface area contributed by atoms with E-state index < -0.39 is 0 Å². The number of fused-ring (bicyclic) bond motifs is 1. The van der Waals surface area contributed by atoms with E-state index in [0.717, 1.165) is 44.7 Å². The quantitative estimate of drug-likeness (QED) is 0.408. The number of thioether (sulfide) groups is 1. The van der Waals surface area contributed by atoms with Crippen LogP contribution in [0.5, 0.6) is 0 Å². The Bertz CT molecular complexity index is 1120. The first kappa shape index (κ1) is 17.2. The van der Waals surface area contributed by atoms with E-state index in [1.165, 1.54) is 12.1 Å². The van der Waals surface area contributed by atoms with Crippen LogP contribution in [0.4, 0.5) is 10.1 Å². The lowest BCUT2D eigenvalue weighted by Gasteiger charge is -2.12. The normalized spacial score (nSPS) is 10.9. The van der Waals surface area contributed by atoms with E-state index in [4.69, 9.17) is 4.98 Å². The summed E-state index contributed by atoms with van der Waals surface area (Å²) < 4.78 is 15.3. The van der Waals surface area contributed by atoms with Crippen molar-refractivity contribution in [3.63, 3.8) is 0 Å². The summed E-state index contributed by atoms with van der Waals surface area (Å²) in [5, 5.41) is 3.08. The lowest BCUT2D eigenvalue weighted by atomic mass is 10.2. The molecule has 0 radical (unpaired) electrons. The molecule has 1 N–H and O–H groups in total. The van der Waals surface area contributed by atoms with Crippen LogP contribution in [0, 0.1) is 5.82 Å². The van der Waals surface area contributed by atoms with Gasteiger partial charge >= 0.3 is 0 Å². The number of carbonyl (C=O) groups is 1. The van der Waals surface area contributed by atoms with Crippen molar-refractivity contribution in [3.8, 4) is 17.1 Å². The summed E-state index contributed by atoms with van der Waals surface area (Å²) >= 11 is 1.10. The van der Waals surface area contributed by atoms with Gasteiger partial charge in [0.05, 0.1) is 5.69 Å². The van der Waals surface area contributed by atoms with E-state index in [1.54, 1.807) is 18.3 Å². The van der Waals surface area contributed by atoms with Gasteiger partial charge in [-0.2, -0.15) is 0 Å². The number of hydrogen-bond donors (Lipinski definition) is 1. The second-order valence-electron chi connectivity index (χ2n) is 5.77. The molecule has 4 rings (SSSR count). The fourth-order valence-electron chi connectivity index (χ4n) is 2.96. The van der Waals surface area contributed by atoms with E-state index in [1.807, 2.05) is 41.9 Å². The standard InChI is InChI=1S/C20H15FN4OS/c1-22-16-9-8-15(11-18(16)27-12-26)25-19(13-4-6-14(21)7-5-13)24-17-3-2-10-23-20(17)25/h2-12,22H,1H3. The molecular weight excluding hydrogens is 363 g/mol. The molecule has 0 amide bonds. The summed E-state index contributed by atoms with van der Waals surface area (Å²) in [6.07, 6.45) is 1.71. The third kappa shape index (κ3) is 3.17. The number of aromatic nitrogens is 3. The van der Waals surface area contributed by atoms with Crippen molar-refractivity contribution in [3.05, 3.63) is 66.6 Å². The van der Waals surface area contributed by atoms with Gasteiger partial charge in [0.1, 0.15) is 17.2 Å². The van der Waals surface area contributed by atoms with Crippen LogP contribution in [0.15, 0.2) is 65.7 Å². The predicted molar refractivity (Wildman–Crippen MR) is 106 cm³/mol. The van der Waals surface area contributed by atoms with Gasteiger partial charge in [0.2, 0.25) is 0 Å². The maximum atomic E-state index is 13.4. The molecular formula is C20H15FN4OS. The molecule has 2 aromatic carbocycles. The van der Waals surface area contributed by atoms with Gasteiger partial charge < -0.3 is 5.32 Å². The summed E-state index contributed by atoms with van der Waals surface area (Å²) in [5.74, 6) is 0.352. The van der Waals surface area contributed by atoms with E-state index in [9.17, 15) is 9.18 Å². The number of halogens is 1. The minimum Gasteiger partial charge on any atom is -0.387 e. The number of benzene rings is 2. The topological polar surface area (TPSA) is 59.8 Å². The number of hydrogen-bond acceptors (Lipinski definition) is 5. The molecule has 0 saturated carbocycles. The molecule has 0 fully saturated rings.